The van der Waals surface area contributed by atoms with E-state index in [0.29, 0.717) is 12.2 Å². The van der Waals surface area contributed by atoms with Crippen molar-refractivity contribution >= 4 is 13.1 Å². The lowest BCUT2D eigenvalue weighted by atomic mass is 9.82. The van der Waals surface area contributed by atoms with Crippen molar-refractivity contribution in [2.45, 2.75) is 32.8 Å². The molecule has 0 amide bonds. The van der Waals surface area contributed by atoms with Gasteiger partial charge in [-0.1, -0.05) is 20.3 Å². The maximum absolute atomic E-state index is 10.6. The van der Waals surface area contributed by atoms with Crippen molar-refractivity contribution in [3.63, 3.8) is 0 Å². The summed E-state index contributed by atoms with van der Waals surface area (Å²) in [6.45, 7) is 4.12. The molecule has 0 aliphatic carbocycles. The molecule has 0 aromatic heterocycles. The molecule has 0 rings (SSSR count). The van der Waals surface area contributed by atoms with Gasteiger partial charge in [-0.3, -0.25) is 0 Å². The Balaban J connectivity index is 0. The van der Waals surface area contributed by atoms with Crippen LogP contribution in [-0.2, 0) is 4.79 Å². The van der Waals surface area contributed by atoms with Crippen LogP contribution in [0.2, 0.25) is 6.32 Å². The van der Waals surface area contributed by atoms with Crippen LogP contribution in [0.3, 0.4) is 0 Å². The standard InChI is InChI=1S/C5H13BO2.C2HF3O2/c1-5(2)3-4-6(7)8;3-2(4,5)1(6)7/h5,7-8H,3-4H2,1-2H3;(H,6,7). The van der Waals surface area contributed by atoms with Crippen molar-refractivity contribution in [2.24, 2.45) is 5.92 Å². The minimum absolute atomic E-state index is 0.498. The van der Waals surface area contributed by atoms with E-state index in [1.54, 1.807) is 0 Å². The molecular weight excluding hydrogens is 216 g/mol. The minimum atomic E-state index is -5.08. The zero-order valence-electron chi connectivity index (χ0n) is 8.45. The summed E-state index contributed by atoms with van der Waals surface area (Å²) in [4.78, 5) is 8.90. The molecule has 3 N–H and O–H groups in total. The summed E-state index contributed by atoms with van der Waals surface area (Å²) in [5, 5.41) is 23.8. The monoisotopic (exact) mass is 230 g/mol. The lowest BCUT2D eigenvalue weighted by Crippen LogP contribution is -2.21. The molecule has 0 saturated carbocycles. The first-order chi connectivity index (χ1) is 6.57. The summed E-state index contributed by atoms with van der Waals surface area (Å²) in [6, 6.07) is 0. The van der Waals surface area contributed by atoms with Gasteiger partial charge in [0.25, 0.3) is 0 Å². The van der Waals surface area contributed by atoms with Gasteiger partial charge in [0.05, 0.1) is 0 Å². The van der Waals surface area contributed by atoms with Gasteiger partial charge in [0.15, 0.2) is 0 Å². The van der Waals surface area contributed by atoms with E-state index in [0.717, 1.165) is 6.42 Å². The number of carboxylic acid groups (broad SMARTS) is 1. The van der Waals surface area contributed by atoms with Crippen molar-refractivity contribution in [3.8, 4) is 0 Å². The predicted octanol–water partition coefficient (Wildman–Crippen LogP) is 1.14. The molecule has 0 heterocycles. The molecule has 0 aliphatic heterocycles. The number of halogens is 3. The van der Waals surface area contributed by atoms with Crippen LogP contribution in [0, 0.1) is 5.92 Å². The van der Waals surface area contributed by atoms with E-state index in [4.69, 9.17) is 19.9 Å². The number of hydrogen-bond donors (Lipinski definition) is 3. The molecule has 0 aromatic rings. The van der Waals surface area contributed by atoms with Gasteiger partial charge in [-0.25, -0.2) is 4.79 Å². The molecular formula is C7H14BF3O4. The van der Waals surface area contributed by atoms with Gasteiger partial charge >= 0.3 is 19.3 Å². The number of alkyl halides is 3. The van der Waals surface area contributed by atoms with E-state index < -0.39 is 19.3 Å². The Bertz CT molecular complexity index is 174. The third kappa shape index (κ3) is 16.0. The fraction of sp³-hybridized carbons (Fsp3) is 0.857. The highest BCUT2D eigenvalue weighted by atomic mass is 19.4. The second-order valence-electron chi connectivity index (χ2n) is 3.25. The second kappa shape index (κ2) is 7.53. The van der Waals surface area contributed by atoms with Crippen LogP contribution >= 0.6 is 0 Å². The topological polar surface area (TPSA) is 77.8 Å². The van der Waals surface area contributed by atoms with Crippen LogP contribution < -0.4 is 0 Å². The zero-order valence-corrected chi connectivity index (χ0v) is 8.45. The molecule has 4 nitrogen and oxygen atoms in total. The third-order valence-electron chi connectivity index (χ3n) is 1.24. The summed E-state index contributed by atoms with van der Waals surface area (Å²) < 4.78 is 31.7. The Kier molecular flexibility index (Phi) is 8.36. The highest BCUT2D eigenvalue weighted by molar-refractivity contribution is 6.40. The maximum atomic E-state index is 10.6. The average Bonchev–Trinajstić information content (AvgIpc) is 2.00. The molecule has 0 atom stereocenters. The molecule has 0 unspecified atom stereocenters. The summed E-state index contributed by atoms with van der Waals surface area (Å²) in [6.07, 6.45) is -3.70. The highest BCUT2D eigenvalue weighted by Gasteiger charge is 2.38. The maximum Gasteiger partial charge on any atom is 0.490 e. The summed E-state index contributed by atoms with van der Waals surface area (Å²) in [7, 11) is -1.11. The van der Waals surface area contributed by atoms with E-state index in [1.165, 1.54) is 0 Å². The van der Waals surface area contributed by atoms with E-state index >= 15 is 0 Å². The number of carboxylic acids is 1. The van der Waals surface area contributed by atoms with Gasteiger partial charge in [-0.2, -0.15) is 13.2 Å². The average molecular weight is 230 g/mol. The van der Waals surface area contributed by atoms with Crippen molar-refractivity contribution in [3.05, 3.63) is 0 Å². The van der Waals surface area contributed by atoms with Gasteiger partial charge in [0.1, 0.15) is 0 Å². The van der Waals surface area contributed by atoms with E-state index in [9.17, 15) is 13.2 Å². The molecule has 0 radical (unpaired) electrons. The van der Waals surface area contributed by atoms with Gasteiger partial charge in [0.2, 0.25) is 0 Å². The van der Waals surface area contributed by atoms with E-state index in [2.05, 4.69) is 13.8 Å². The Labute approximate surface area is 85.9 Å². The van der Waals surface area contributed by atoms with Crippen LogP contribution in [0.4, 0.5) is 13.2 Å². The van der Waals surface area contributed by atoms with Gasteiger partial charge in [0, 0.05) is 0 Å². The van der Waals surface area contributed by atoms with Crippen LogP contribution in [0.15, 0.2) is 0 Å². The zero-order chi connectivity index (χ0) is 12.6. The Morgan fingerprint density at radius 3 is 1.73 bits per heavy atom. The summed E-state index contributed by atoms with van der Waals surface area (Å²) in [5.74, 6) is -2.19. The van der Waals surface area contributed by atoms with Crippen molar-refractivity contribution in [1.82, 2.24) is 0 Å². The van der Waals surface area contributed by atoms with Crippen molar-refractivity contribution < 1.29 is 33.1 Å². The van der Waals surface area contributed by atoms with Gasteiger partial charge in [-0.05, 0) is 12.2 Å². The van der Waals surface area contributed by atoms with Crippen LogP contribution in [0.25, 0.3) is 0 Å². The largest absolute Gasteiger partial charge is 0.490 e. The SMILES string of the molecule is CC(C)CCB(O)O.O=C(O)C(F)(F)F. The van der Waals surface area contributed by atoms with E-state index in [-0.39, 0.29) is 0 Å². The van der Waals surface area contributed by atoms with Crippen LogP contribution in [-0.4, -0.2) is 34.4 Å². The number of aliphatic carboxylic acids is 1. The minimum Gasteiger partial charge on any atom is -0.475 e. The molecule has 0 aromatic carbocycles. The lowest BCUT2D eigenvalue weighted by Gasteiger charge is -2.00. The highest BCUT2D eigenvalue weighted by Crippen LogP contribution is 2.13. The number of carbonyl (C=O) groups is 1. The quantitative estimate of drug-likeness (QED) is 0.635. The van der Waals surface area contributed by atoms with Gasteiger partial charge in [-0.15, -0.1) is 0 Å². The smallest absolute Gasteiger partial charge is 0.475 e. The Morgan fingerprint density at radius 1 is 1.33 bits per heavy atom. The van der Waals surface area contributed by atoms with Crippen LogP contribution in [0.1, 0.15) is 20.3 Å². The number of hydrogen-bond acceptors (Lipinski definition) is 3. The van der Waals surface area contributed by atoms with Gasteiger partial charge < -0.3 is 15.2 Å². The lowest BCUT2D eigenvalue weighted by molar-refractivity contribution is -0.192. The number of rotatable bonds is 3. The second-order valence-corrected chi connectivity index (χ2v) is 3.25. The van der Waals surface area contributed by atoms with E-state index in [1.807, 2.05) is 0 Å². The molecule has 0 spiro atoms. The van der Waals surface area contributed by atoms with Crippen molar-refractivity contribution in [2.75, 3.05) is 0 Å². The normalized spacial score (nSPS) is 10.7. The predicted molar refractivity (Wildman–Crippen MR) is 48.1 cm³/mol. The summed E-state index contributed by atoms with van der Waals surface area (Å²) in [5.41, 5.74) is 0. The fourth-order valence-corrected chi connectivity index (χ4v) is 0.482. The Hall–Kier alpha value is -0.755. The molecule has 0 fully saturated rings. The molecule has 0 saturated heterocycles. The van der Waals surface area contributed by atoms with Crippen molar-refractivity contribution in [1.29, 1.82) is 0 Å². The molecule has 0 aliphatic rings. The molecule has 0 bridgehead atoms. The van der Waals surface area contributed by atoms with Crippen LogP contribution in [0.5, 0.6) is 0 Å². The first-order valence-corrected chi connectivity index (χ1v) is 4.23. The molecule has 90 valence electrons. The molecule has 8 heteroatoms. The summed E-state index contributed by atoms with van der Waals surface area (Å²) >= 11 is 0. The third-order valence-corrected chi connectivity index (χ3v) is 1.24. The molecule has 15 heavy (non-hydrogen) atoms. The first kappa shape index (κ1) is 16.7. The first-order valence-electron chi connectivity index (χ1n) is 4.23. The Morgan fingerprint density at radius 2 is 1.67 bits per heavy atom. The fourth-order valence-electron chi connectivity index (χ4n) is 0.482.